The molecule has 1 spiro atoms. The lowest BCUT2D eigenvalue weighted by atomic mass is 9.91. The Morgan fingerprint density at radius 3 is 2.85 bits per heavy atom. The molecule has 1 N–H and O–H groups in total. The first kappa shape index (κ1) is 13.4. The molecule has 0 aromatic heterocycles. The number of anilines is 1. The molecule has 1 saturated carbocycles. The minimum Gasteiger partial charge on any atom is -0.354 e. The minimum absolute atomic E-state index is 0.0324. The zero-order valence-corrected chi connectivity index (χ0v) is 12.0. The highest BCUT2D eigenvalue weighted by Crippen LogP contribution is 2.38. The van der Waals surface area contributed by atoms with Crippen LogP contribution < -0.4 is 5.32 Å². The van der Waals surface area contributed by atoms with Crippen molar-refractivity contribution in [1.82, 2.24) is 4.90 Å². The van der Waals surface area contributed by atoms with Gasteiger partial charge in [-0.15, -0.1) is 0 Å². The summed E-state index contributed by atoms with van der Waals surface area (Å²) in [6, 6.07) is 7.87. The molecule has 1 aliphatic heterocycles. The summed E-state index contributed by atoms with van der Waals surface area (Å²) in [6.45, 7) is 3.37. The Kier molecular flexibility index (Phi) is 3.66. The maximum Gasteiger partial charge on any atom is 0.324 e. The molecule has 2 aliphatic rings. The Morgan fingerprint density at radius 2 is 2.10 bits per heavy atom. The fourth-order valence-corrected chi connectivity index (χ4v) is 3.33. The van der Waals surface area contributed by atoms with Crippen molar-refractivity contribution in [1.29, 1.82) is 0 Å². The van der Waals surface area contributed by atoms with Crippen molar-refractivity contribution in [2.24, 2.45) is 0 Å². The second-order valence-electron chi connectivity index (χ2n) is 5.81. The number of benzene rings is 1. The van der Waals surface area contributed by atoms with Crippen molar-refractivity contribution in [3.8, 4) is 0 Å². The van der Waals surface area contributed by atoms with Crippen LogP contribution in [-0.2, 0) is 4.74 Å². The third-order valence-electron chi connectivity index (χ3n) is 4.33. The quantitative estimate of drug-likeness (QED) is 0.851. The molecule has 1 saturated heterocycles. The second kappa shape index (κ2) is 5.44. The molecule has 2 amide bonds. The molecular formula is C16H22N2O2. The molecular weight excluding hydrogens is 252 g/mol. The number of hydrogen-bond donors (Lipinski definition) is 1. The number of amides is 2. The molecule has 1 aliphatic carbocycles. The van der Waals surface area contributed by atoms with Crippen LogP contribution in [0.2, 0.25) is 0 Å². The number of hydrogen-bond acceptors (Lipinski definition) is 2. The Balaban J connectivity index is 1.73. The lowest BCUT2D eigenvalue weighted by Crippen LogP contribution is -2.51. The van der Waals surface area contributed by atoms with Gasteiger partial charge >= 0.3 is 6.03 Å². The van der Waals surface area contributed by atoms with E-state index in [1.807, 2.05) is 36.1 Å². The molecule has 0 radical (unpaired) electrons. The number of urea groups is 1. The predicted octanol–water partition coefficient (Wildman–Crippen LogP) is 3.52. The Labute approximate surface area is 120 Å². The number of rotatable bonds is 1. The number of carbonyl (C=O) groups excluding carboxylic acids is 1. The molecule has 4 heteroatoms. The van der Waals surface area contributed by atoms with E-state index in [4.69, 9.17) is 4.74 Å². The Morgan fingerprint density at radius 1 is 1.30 bits per heavy atom. The van der Waals surface area contributed by atoms with Crippen LogP contribution in [0.5, 0.6) is 0 Å². The van der Waals surface area contributed by atoms with E-state index in [1.54, 1.807) is 0 Å². The molecule has 3 rings (SSSR count). The summed E-state index contributed by atoms with van der Waals surface area (Å²) in [5.74, 6) is 0. The van der Waals surface area contributed by atoms with E-state index < -0.39 is 0 Å². The number of ether oxygens (including phenoxy) is 1. The molecule has 1 heterocycles. The Hall–Kier alpha value is -1.55. The van der Waals surface area contributed by atoms with Crippen molar-refractivity contribution in [2.45, 2.75) is 44.8 Å². The van der Waals surface area contributed by atoms with Gasteiger partial charge in [-0.1, -0.05) is 18.6 Å². The van der Waals surface area contributed by atoms with Crippen LogP contribution in [0.3, 0.4) is 0 Å². The van der Waals surface area contributed by atoms with Crippen LogP contribution in [-0.4, -0.2) is 29.8 Å². The van der Waals surface area contributed by atoms with E-state index in [1.165, 1.54) is 6.42 Å². The fourth-order valence-electron chi connectivity index (χ4n) is 3.33. The van der Waals surface area contributed by atoms with Crippen LogP contribution in [0, 0.1) is 6.92 Å². The van der Waals surface area contributed by atoms with Gasteiger partial charge in [0.1, 0.15) is 5.72 Å². The highest BCUT2D eigenvalue weighted by molar-refractivity contribution is 5.90. The first-order chi connectivity index (χ1) is 9.70. The number of aryl methyl sites for hydroxylation is 1. The van der Waals surface area contributed by atoms with Gasteiger partial charge in [0.25, 0.3) is 0 Å². The monoisotopic (exact) mass is 274 g/mol. The van der Waals surface area contributed by atoms with Crippen LogP contribution in [0.15, 0.2) is 24.3 Å². The summed E-state index contributed by atoms with van der Waals surface area (Å²) < 4.78 is 5.94. The van der Waals surface area contributed by atoms with Gasteiger partial charge in [0, 0.05) is 12.2 Å². The van der Waals surface area contributed by atoms with Crippen molar-refractivity contribution in [3.05, 3.63) is 29.8 Å². The van der Waals surface area contributed by atoms with E-state index in [9.17, 15) is 4.79 Å². The van der Waals surface area contributed by atoms with Crippen molar-refractivity contribution in [3.63, 3.8) is 0 Å². The van der Waals surface area contributed by atoms with Crippen molar-refractivity contribution < 1.29 is 9.53 Å². The molecule has 4 nitrogen and oxygen atoms in total. The molecule has 0 bridgehead atoms. The minimum atomic E-state index is -0.341. The van der Waals surface area contributed by atoms with Gasteiger partial charge in [0.15, 0.2) is 0 Å². The van der Waals surface area contributed by atoms with E-state index >= 15 is 0 Å². The van der Waals surface area contributed by atoms with Crippen LogP contribution in [0.4, 0.5) is 10.5 Å². The fraction of sp³-hybridized carbons (Fsp3) is 0.562. The maximum absolute atomic E-state index is 12.5. The molecule has 108 valence electrons. The summed E-state index contributed by atoms with van der Waals surface area (Å²) in [6.07, 6.45) is 5.48. The van der Waals surface area contributed by atoms with E-state index in [2.05, 4.69) is 5.32 Å². The summed E-state index contributed by atoms with van der Waals surface area (Å²) in [4.78, 5) is 14.4. The highest BCUT2D eigenvalue weighted by Gasteiger charge is 2.45. The Bertz CT molecular complexity index is 495. The summed E-state index contributed by atoms with van der Waals surface area (Å²) in [5.41, 5.74) is 1.66. The predicted molar refractivity (Wildman–Crippen MR) is 78.7 cm³/mol. The molecule has 0 unspecified atom stereocenters. The summed E-state index contributed by atoms with van der Waals surface area (Å²) in [7, 11) is 0. The zero-order chi connectivity index (χ0) is 14.0. The molecule has 20 heavy (non-hydrogen) atoms. The van der Waals surface area contributed by atoms with Gasteiger partial charge in [-0.25, -0.2) is 4.79 Å². The van der Waals surface area contributed by atoms with Crippen LogP contribution in [0.25, 0.3) is 0 Å². The van der Waals surface area contributed by atoms with E-state index in [0.29, 0.717) is 13.2 Å². The average molecular weight is 274 g/mol. The SMILES string of the molecule is Cc1cccc(NC(=O)N2CCOC23CCCCC3)c1. The van der Waals surface area contributed by atoms with Gasteiger partial charge in [0.05, 0.1) is 6.61 Å². The molecule has 0 atom stereocenters. The zero-order valence-electron chi connectivity index (χ0n) is 12.0. The standard InChI is InChI=1S/C16H22N2O2/c1-13-6-5-7-14(12-13)17-15(19)18-10-11-20-16(18)8-3-2-4-9-16/h5-7,12H,2-4,8-11H2,1H3,(H,17,19). The lowest BCUT2D eigenvalue weighted by molar-refractivity contribution is -0.0867. The third kappa shape index (κ3) is 2.52. The van der Waals surface area contributed by atoms with Crippen LogP contribution in [0.1, 0.15) is 37.7 Å². The second-order valence-corrected chi connectivity index (χ2v) is 5.81. The lowest BCUT2D eigenvalue weighted by Gasteiger charge is -2.39. The average Bonchev–Trinajstić information content (AvgIpc) is 2.83. The van der Waals surface area contributed by atoms with Gasteiger partial charge in [0.2, 0.25) is 0 Å². The molecule has 1 aromatic rings. The van der Waals surface area contributed by atoms with Crippen LogP contribution >= 0.6 is 0 Å². The van der Waals surface area contributed by atoms with Gasteiger partial charge < -0.3 is 10.1 Å². The number of carbonyl (C=O) groups is 1. The third-order valence-corrected chi connectivity index (χ3v) is 4.33. The number of nitrogens with one attached hydrogen (secondary N) is 1. The molecule has 1 aromatic carbocycles. The van der Waals surface area contributed by atoms with Gasteiger partial charge in [-0.3, -0.25) is 4.90 Å². The maximum atomic E-state index is 12.5. The van der Waals surface area contributed by atoms with Gasteiger partial charge in [-0.05, 0) is 50.3 Å². The smallest absolute Gasteiger partial charge is 0.324 e. The number of nitrogens with zero attached hydrogens (tertiary/aromatic N) is 1. The van der Waals surface area contributed by atoms with Crippen molar-refractivity contribution in [2.75, 3.05) is 18.5 Å². The topological polar surface area (TPSA) is 41.6 Å². The summed E-state index contributed by atoms with van der Waals surface area (Å²) in [5, 5.41) is 3.00. The van der Waals surface area contributed by atoms with E-state index in [-0.39, 0.29) is 11.8 Å². The normalized spacial score (nSPS) is 21.1. The first-order valence-corrected chi connectivity index (χ1v) is 7.49. The largest absolute Gasteiger partial charge is 0.354 e. The highest BCUT2D eigenvalue weighted by atomic mass is 16.5. The van der Waals surface area contributed by atoms with Gasteiger partial charge in [-0.2, -0.15) is 0 Å². The van der Waals surface area contributed by atoms with Crippen molar-refractivity contribution >= 4 is 11.7 Å². The van der Waals surface area contributed by atoms with E-state index in [0.717, 1.165) is 36.9 Å². The first-order valence-electron chi connectivity index (χ1n) is 7.49. The summed E-state index contributed by atoms with van der Waals surface area (Å²) >= 11 is 0. The molecule has 2 fully saturated rings.